The van der Waals surface area contributed by atoms with Crippen molar-refractivity contribution in [2.75, 3.05) is 36.5 Å². The number of aryl methyl sites for hydroxylation is 1. The number of amides is 2. The number of nitrogens with one attached hydrogen (secondary N) is 2. The van der Waals surface area contributed by atoms with Gasteiger partial charge in [0.2, 0.25) is 0 Å². The van der Waals surface area contributed by atoms with Gasteiger partial charge in [0.05, 0.1) is 18.9 Å². The van der Waals surface area contributed by atoms with Crippen LogP contribution in [-0.4, -0.2) is 59.3 Å². The third kappa shape index (κ3) is 3.95. The molecule has 0 aromatic carbocycles. The average molecular weight is 442 g/mol. The molecule has 2 amide bonds. The van der Waals surface area contributed by atoms with Gasteiger partial charge in [0.25, 0.3) is 11.8 Å². The van der Waals surface area contributed by atoms with Crippen molar-refractivity contribution in [3.8, 4) is 5.88 Å². The summed E-state index contributed by atoms with van der Waals surface area (Å²) in [4.78, 5) is 37.7. The minimum absolute atomic E-state index is 0.111. The van der Waals surface area contributed by atoms with E-state index in [9.17, 15) is 14.0 Å². The third-order valence-electron chi connectivity index (χ3n) is 6.00. The van der Waals surface area contributed by atoms with Crippen molar-refractivity contribution in [1.29, 1.82) is 0 Å². The molecule has 1 fully saturated rings. The number of rotatable bonds is 6. The monoisotopic (exact) mass is 442 g/mol. The number of carbonyl (C=O) groups is 2. The van der Waals surface area contributed by atoms with Crippen LogP contribution in [0.15, 0.2) is 12.4 Å². The molecule has 10 nitrogen and oxygen atoms in total. The van der Waals surface area contributed by atoms with Crippen LogP contribution in [0.5, 0.6) is 5.88 Å². The lowest BCUT2D eigenvalue weighted by molar-refractivity contribution is -0.118. The summed E-state index contributed by atoms with van der Waals surface area (Å²) in [5.41, 5.74) is 2.72. The maximum absolute atomic E-state index is 14.0. The highest BCUT2D eigenvalue weighted by Gasteiger charge is 2.34. The van der Waals surface area contributed by atoms with Gasteiger partial charge in [0, 0.05) is 5.69 Å². The number of fused-ring (bicyclic) bond motifs is 2. The summed E-state index contributed by atoms with van der Waals surface area (Å²) >= 11 is 0. The Balaban J connectivity index is 1.11. The molecule has 11 heteroatoms. The Morgan fingerprint density at radius 2 is 2.09 bits per heavy atom. The van der Waals surface area contributed by atoms with E-state index in [2.05, 4.69) is 25.6 Å². The molecule has 2 aromatic rings. The zero-order valence-electron chi connectivity index (χ0n) is 17.6. The van der Waals surface area contributed by atoms with Crippen LogP contribution in [0.2, 0.25) is 0 Å². The summed E-state index contributed by atoms with van der Waals surface area (Å²) in [6, 6.07) is 0. The molecule has 0 spiro atoms. The molecule has 2 atom stereocenters. The number of pyridine rings is 1. The fraction of sp³-hybridized carbons (Fsp3) is 0.476. The van der Waals surface area contributed by atoms with Gasteiger partial charge < -0.3 is 20.1 Å². The molecule has 32 heavy (non-hydrogen) atoms. The van der Waals surface area contributed by atoms with E-state index in [0.717, 1.165) is 29.8 Å². The molecule has 0 saturated carbocycles. The Kier molecular flexibility index (Phi) is 5.33. The second-order valence-corrected chi connectivity index (χ2v) is 8.25. The van der Waals surface area contributed by atoms with Crippen LogP contribution in [0.3, 0.4) is 0 Å². The van der Waals surface area contributed by atoms with E-state index >= 15 is 0 Å². The summed E-state index contributed by atoms with van der Waals surface area (Å²) in [6.07, 6.45) is 4.10. The number of hydrogen-bond donors (Lipinski definition) is 2. The number of carbonyl (C=O) groups excluding carboxylic acids is 2. The molecule has 2 aliphatic heterocycles. The lowest BCUT2D eigenvalue weighted by Crippen LogP contribution is -2.30. The molecule has 3 aliphatic rings. The Labute approximate surface area is 183 Å². The van der Waals surface area contributed by atoms with Gasteiger partial charge in [-0.15, -0.1) is 0 Å². The van der Waals surface area contributed by atoms with Crippen LogP contribution in [0.1, 0.15) is 23.2 Å². The van der Waals surface area contributed by atoms with Crippen LogP contribution in [0, 0.1) is 18.7 Å². The van der Waals surface area contributed by atoms with Crippen molar-refractivity contribution in [2.45, 2.75) is 32.3 Å². The molecule has 1 aliphatic carbocycles. The number of cyclic esters (lactones) is 1. The van der Waals surface area contributed by atoms with Crippen molar-refractivity contribution in [2.24, 2.45) is 5.92 Å². The molecule has 0 bridgehead atoms. The van der Waals surface area contributed by atoms with E-state index in [1.54, 1.807) is 0 Å². The highest BCUT2D eigenvalue weighted by atomic mass is 19.1. The molecule has 4 heterocycles. The van der Waals surface area contributed by atoms with Crippen molar-refractivity contribution < 1.29 is 23.5 Å². The fourth-order valence-corrected chi connectivity index (χ4v) is 4.37. The molecule has 168 valence electrons. The van der Waals surface area contributed by atoms with Gasteiger partial charge in [0.1, 0.15) is 11.9 Å². The van der Waals surface area contributed by atoms with E-state index in [1.165, 1.54) is 17.3 Å². The molecule has 5 rings (SSSR count). The average Bonchev–Trinajstić information content (AvgIpc) is 3.38. The second kappa shape index (κ2) is 8.30. The number of halogens is 1. The highest BCUT2D eigenvalue weighted by molar-refractivity contribution is 5.94. The molecular formula is C21H23FN6O4. The Morgan fingerprint density at radius 1 is 1.25 bits per heavy atom. The number of nitrogens with zero attached hydrogens (tertiary/aromatic N) is 4. The van der Waals surface area contributed by atoms with Crippen molar-refractivity contribution in [3.63, 3.8) is 0 Å². The van der Waals surface area contributed by atoms with E-state index in [4.69, 9.17) is 9.47 Å². The van der Waals surface area contributed by atoms with E-state index in [1.807, 2.05) is 6.92 Å². The summed E-state index contributed by atoms with van der Waals surface area (Å²) < 4.78 is 24.6. The molecule has 2 N–H and O–H groups in total. The Hall–Kier alpha value is -3.34. The molecule has 0 unspecified atom stereocenters. The molecule has 2 aromatic heterocycles. The van der Waals surface area contributed by atoms with Gasteiger partial charge in [-0.25, -0.2) is 19.2 Å². The van der Waals surface area contributed by atoms with Gasteiger partial charge in [-0.3, -0.25) is 14.7 Å². The molecule has 0 radical (unpaired) electrons. The SMILES string of the molecule is Cc1ncc(F)c2c1C[C@@H](CNCC[C@@H]1CN(c3cnc4c(n3)NC(=O)CO4)C(=O)O1)C2. The van der Waals surface area contributed by atoms with Gasteiger partial charge in [-0.05, 0) is 56.3 Å². The zero-order valence-corrected chi connectivity index (χ0v) is 17.6. The van der Waals surface area contributed by atoms with Crippen molar-refractivity contribution in [3.05, 3.63) is 35.0 Å². The standard InChI is InChI=1S/C21H23FN6O4/c1-11-14-4-12(5-15(14)16(22)7-24-11)6-23-3-2-13-9-28(21(30)32-13)17-8-25-20-19(26-17)27-18(29)10-31-20/h7-8,12-13,23H,2-6,9-10H2,1H3,(H,26,27,29)/t12-,13-/m1/s1. The number of anilines is 2. The lowest BCUT2D eigenvalue weighted by Gasteiger charge is -2.18. The summed E-state index contributed by atoms with van der Waals surface area (Å²) in [5.74, 6) is 0.495. The van der Waals surface area contributed by atoms with Crippen LogP contribution in [0.4, 0.5) is 20.8 Å². The summed E-state index contributed by atoms with van der Waals surface area (Å²) in [7, 11) is 0. The first-order valence-corrected chi connectivity index (χ1v) is 10.6. The van der Waals surface area contributed by atoms with Crippen molar-refractivity contribution in [1.82, 2.24) is 20.3 Å². The van der Waals surface area contributed by atoms with Gasteiger partial charge in [0.15, 0.2) is 18.2 Å². The van der Waals surface area contributed by atoms with Crippen LogP contribution < -0.4 is 20.3 Å². The Bertz CT molecular complexity index is 1050. The largest absolute Gasteiger partial charge is 0.465 e. The first-order valence-electron chi connectivity index (χ1n) is 10.6. The minimum atomic E-state index is -0.503. The summed E-state index contributed by atoms with van der Waals surface area (Å²) in [6.45, 7) is 3.57. The molecule has 1 saturated heterocycles. The number of ether oxygens (including phenoxy) is 2. The van der Waals surface area contributed by atoms with Crippen molar-refractivity contribution >= 4 is 23.6 Å². The highest BCUT2D eigenvalue weighted by Crippen LogP contribution is 2.30. The van der Waals surface area contributed by atoms with Gasteiger partial charge >= 0.3 is 6.09 Å². The van der Waals surface area contributed by atoms with Crippen LogP contribution >= 0.6 is 0 Å². The molecular weight excluding hydrogens is 419 g/mol. The first kappa shape index (κ1) is 20.6. The minimum Gasteiger partial charge on any atom is -0.465 e. The van der Waals surface area contributed by atoms with Crippen LogP contribution in [-0.2, 0) is 22.4 Å². The predicted octanol–water partition coefficient (Wildman–Crippen LogP) is 1.37. The summed E-state index contributed by atoms with van der Waals surface area (Å²) in [5, 5.41) is 5.98. The maximum Gasteiger partial charge on any atom is 0.415 e. The topological polar surface area (TPSA) is 119 Å². The quantitative estimate of drug-likeness (QED) is 0.644. The third-order valence-corrected chi connectivity index (χ3v) is 6.00. The normalized spacial score (nSPS) is 21.6. The first-order chi connectivity index (χ1) is 15.5. The van der Waals surface area contributed by atoms with E-state index in [0.29, 0.717) is 37.7 Å². The van der Waals surface area contributed by atoms with E-state index < -0.39 is 6.09 Å². The Morgan fingerprint density at radius 3 is 2.94 bits per heavy atom. The lowest BCUT2D eigenvalue weighted by atomic mass is 10.1. The second-order valence-electron chi connectivity index (χ2n) is 8.25. The fourth-order valence-electron chi connectivity index (χ4n) is 4.37. The maximum atomic E-state index is 14.0. The zero-order chi connectivity index (χ0) is 22.2. The number of hydrogen-bond acceptors (Lipinski definition) is 8. The van der Waals surface area contributed by atoms with Crippen LogP contribution in [0.25, 0.3) is 0 Å². The number of aromatic nitrogens is 3. The predicted molar refractivity (Wildman–Crippen MR) is 111 cm³/mol. The van der Waals surface area contributed by atoms with E-state index in [-0.39, 0.29) is 36.1 Å². The van der Waals surface area contributed by atoms with Gasteiger partial charge in [-0.2, -0.15) is 0 Å². The van der Waals surface area contributed by atoms with Gasteiger partial charge in [-0.1, -0.05) is 0 Å². The smallest absolute Gasteiger partial charge is 0.415 e.